The van der Waals surface area contributed by atoms with E-state index in [0.29, 0.717) is 6.10 Å². The molecule has 112 valence electrons. The van der Waals surface area contributed by atoms with E-state index in [-0.39, 0.29) is 0 Å². The first kappa shape index (κ1) is 15.1. The Morgan fingerprint density at radius 2 is 2.00 bits per heavy atom. The molecule has 5 nitrogen and oxygen atoms in total. The van der Waals surface area contributed by atoms with Crippen molar-refractivity contribution >= 4 is 5.82 Å². The molecule has 0 atom stereocenters. The normalized spacial score (nSPS) is 16.7. The molecule has 1 aromatic heterocycles. The summed E-state index contributed by atoms with van der Waals surface area (Å²) in [5, 5.41) is 0. The quantitative estimate of drug-likeness (QED) is 0.791. The molecule has 5 heteroatoms. The molecule has 2 heterocycles. The highest BCUT2D eigenvalue weighted by Crippen LogP contribution is 2.25. The van der Waals surface area contributed by atoms with Gasteiger partial charge >= 0.3 is 0 Å². The first-order valence-corrected chi connectivity index (χ1v) is 7.28. The maximum Gasteiger partial charge on any atom is 0.171 e. The number of ether oxygens (including phenoxy) is 2. The van der Waals surface area contributed by atoms with Crippen molar-refractivity contribution in [1.29, 1.82) is 0 Å². The van der Waals surface area contributed by atoms with Gasteiger partial charge in [0.25, 0.3) is 0 Å². The van der Waals surface area contributed by atoms with E-state index in [1.807, 2.05) is 18.3 Å². The van der Waals surface area contributed by atoms with Crippen LogP contribution in [0, 0.1) is 0 Å². The number of aromatic nitrogens is 1. The zero-order valence-electron chi connectivity index (χ0n) is 12.7. The summed E-state index contributed by atoms with van der Waals surface area (Å²) in [6.07, 6.45) is 2.13. The minimum Gasteiger partial charge on any atom is -0.493 e. The zero-order chi connectivity index (χ0) is 14.4. The average Bonchev–Trinajstić information content (AvgIpc) is 2.47. The molecule has 0 unspecified atom stereocenters. The van der Waals surface area contributed by atoms with Gasteiger partial charge in [0, 0.05) is 38.9 Å². The van der Waals surface area contributed by atoms with Crippen LogP contribution in [-0.2, 0) is 4.74 Å². The van der Waals surface area contributed by atoms with E-state index in [0.717, 1.165) is 50.9 Å². The number of piperazine rings is 1. The maximum absolute atomic E-state index is 5.60. The van der Waals surface area contributed by atoms with Crippen LogP contribution >= 0.6 is 0 Å². The lowest BCUT2D eigenvalue weighted by molar-refractivity contribution is 0.0578. The van der Waals surface area contributed by atoms with E-state index in [1.54, 1.807) is 7.11 Å². The smallest absolute Gasteiger partial charge is 0.171 e. The van der Waals surface area contributed by atoms with Gasteiger partial charge in [-0.3, -0.25) is 4.90 Å². The van der Waals surface area contributed by atoms with Crippen molar-refractivity contribution in [2.24, 2.45) is 0 Å². The van der Waals surface area contributed by atoms with Crippen LogP contribution in [0.2, 0.25) is 0 Å². The molecule has 0 bridgehead atoms. The summed E-state index contributed by atoms with van der Waals surface area (Å²) < 4.78 is 11.0. The van der Waals surface area contributed by atoms with Gasteiger partial charge in [-0.1, -0.05) is 0 Å². The maximum atomic E-state index is 5.60. The molecule has 0 spiro atoms. The van der Waals surface area contributed by atoms with Gasteiger partial charge in [0.05, 0.1) is 19.8 Å². The number of nitrogens with zero attached hydrogens (tertiary/aromatic N) is 3. The lowest BCUT2D eigenvalue weighted by Crippen LogP contribution is -2.47. The van der Waals surface area contributed by atoms with Crippen LogP contribution in [0.1, 0.15) is 13.8 Å². The monoisotopic (exact) mass is 279 g/mol. The molecule has 1 aromatic rings. The number of hydrogen-bond acceptors (Lipinski definition) is 5. The lowest BCUT2D eigenvalue weighted by atomic mass is 10.3. The summed E-state index contributed by atoms with van der Waals surface area (Å²) in [4.78, 5) is 9.17. The first-order chi connectivity index (χ1) is 9.70. The van der Waals surface area contributed by atoms with Gasteiger partial charge in [-0.2, -0.15) is 0 Å². The third kappa shape index (κ3) is 4.08. The van der Waals surface area contributed by atoms with Crippen LogP contribution in [0.15, 0.2) is 18.3 Å². The van der Waals surface area contributed by atoms with E-state index >= 15 is 0 Å². The van der Waals surface area contributed by atoms with E-state index in [2.05, 4.69) is 28.6 Å². The standard InChI is InChI=1S/C15H25N3O2/c1-13(2)20-12-11-17-7-9-18(10-8-17)15-14(19-3)5-4-6-16-15/h4-6,13H,7-12H2,1-3H3. The fourth-order valence-corrected chi connectivity index (χ4v) is 2.38. The van der Waals surface area contributed by atoms with E-state index in [9.17, 15) is 0 Å². The molecular weight excluding hydrogens is 254 g/mol. The largest absolute Gasteiger partial charge is 0.493 e. The van der Waals surface area contributed by atoms with Gasteiger partial charge < -0.3 is 14.4 Å². The number of pyridine rings is 1. The van der Waals surface area contributed by atoms with Crippen molar-refractivity contribution in [3.8, 4) is 5.75 Å². The molecule has 20 heavy (non-hydrogen) atoms. The Labute approximate surface area is 121 Å². The summed E-state index contributed by atoms with van der Waals surface area (Å²) in [5.74, 6) is 1.80. The second-order valence-corrected chi connectivity index (χ2v) is 5.28. The fourth-order valence-electron chi connectivity index (χ4n) is 2.38. The summed E-state index contributed by atoms with van der Waals surface area (Å²) >= 11 is 0. The minimum atomic E-state index is 0.314. The molecule has 1 aliphatic rings. The van der Waals surface area contributed by atoms with Crippen molar-refractivity contribution in [3.63, 3.8) is 0 Å². The van der Waals surface area contributed by atoms with Gasteiger partial charge in [-0.05, 0) is 26.0 Å². The molecule has 2 rings (SSSR count). The minimum absolute atomic E-state index is 0.314. The van der Waals surface area contributed by atoms with Crippen LogP contribution in [0.5, 0.6) is 5.75 Å². The summed E-state index contributed by atoms with van der Waals surface area (Å²) in [7, 11) is 1.69. The van der Waals surface area contributed by atoms with Gasteiger partial charge in [0.2, 0.25) is 0 Å². The van der Waals surface area contributed by atoms with E-state index in [4.69, 9.17) is 9.47 Å². The molecule has 0 saturated carbocycles. The van der Waals surface area contributed by atoms with Crippen molar-refractivity contribution in [2.75, 3.05) is 51.3 Å². The first-order valence-electron chi connectivity index (χ1n) is 7.28. The molecule has 0 aromatic carbocycles. The Hall–Kier alpha value is -1.33. The Kier molecular flexibility index (Phi) is 5.61. The highest BCUT2D eigenvalue weighted by molar-refractivity contribution is 5.52. The predicted octanol–water partition coefficient (Wildman–Crippen LogP) is 1.64. The SMILES string of the molecule is COc1cccnc1N1CCN(CCOC(C)C)CC1. The van der Waals surface area contributed by atoms with E-state index in [1.165, 1.54) is 0 Å². The molecule has 0 radical (unpaired) electrons. The third-order valence-corrected chi connectivity index (χ3v) is 3.50. The van der Waals surface area contributed by atoms with Crippen molar-refractivity contribution in [1.82, 2.24) is 9.88 Å². The molecule has 1 fully saturated rings. The number of methoxy groups -OCH3 is 1. The van der Waals surface area contributed by atoms with Gasteiger partial charge in [0.1, 0.15) is 0 Å². The number of anilines is 1. The highest BCUT2D eigenvalue weighted by atomic mass is 16.5. The molecule has 0 aliphatic carbocycles. The third-order valence-electron chi connectivity index (χ3n) is 3.50. The van der Waals surface area contributed by atoms with Crippen LogP contribution in [0.4, 0.5) is 5.82 Å². The van der Waals surface area contributed by atoms with E-state index < -0.39 is 0 Å². The highest BCUT2D eigenvalue weighted by Gasteiger charge is 2.20. The Morgan fingerprint density at radius 3 is 2.65 bits per heavy atom. The summed E-state index contributed by atoms with van der Waals surface area (Å²) in [5.41, 5.74) is 0. The van der Waals surface area contributed by atoms with Gasteiger partial charge in [0.15, 0.2) is 11.6 Å². The second-order valence-electron chi connectivity index (χ2n) is 5.28. The number of rotatable bonds is 6. The lowest BCUT2D eigenvalue weighted by Gasteiger charge is -2.35. The van der Waals surface area contributed by atoms with Crippen molar-refractivity contribution in [2.45, 2.75) is 20.0 Å². The fraction of sp³-hybridized carbons (Fsp3) is 0.667. The molecular formula is C15H25N3O2. The Balaban J connectivity index is 1.82. The summed E-state index contributed by atoms with van der Waals surface area (Å²) in [6.45, 7) is 10.0. The van der Waals surface area contributed by atoms with Crippen molar-refractivity contribution in [3.05, 3.63) is 18.3 Å². The Bertz CT molecular complexity index is 404. The molecule has 0 N–H and O–H groups in total. The second kappa shape index (κ2) is 7.45. The van der Waals surface area contributed by atoms with Crippen LogP contribution < -0.4 is 9.64 Å². The van der Waals surface area contributed by atoms with Crippen LogP contribution in [-0.4, -0.2) is 62.4 Å². The molecule has 1 saturated heterocycles. The van der Waals surface area contributed by atoms with Gasteiger partial charge in [-0.15, -0.1) is 0 Å². The van der Waals surface area contributed by atoms with Crippen molar-refractivity contribution < 1.29 is 9.47 Å². The zero-order valence-corrected chi connectivity index (χ0v) is 12.7. The number of hydrogen-bond donors (Lipinski definition) is 0. The Morgan fingerprint density at radius 1 is 1.25 bits per heavy atom. The van der Waals surface area contributed by atoms with Crippen LogP contribution in [0.25, 0.3) is 0 Å². The molecule has 0 amide bonds. The van der Waals surface area contributed by atoms with Gasteiger partial charge in [-0.25, -0.2) is 4.98 Å². The van der Waals surface area contributed by atoms with Crippen LogP contribution in [0.3, 0.4) is 0 Å². The molecule has 1 aliphatic heterocycles. The topological polar surface area (TPSA) is 37.8 Å². The predicted molar refractivity (Wildman–Crippen MR) is 80.5 cm³/mol. The summed E-state index contributed by atoms with van der Waals surface area (Å²) in [6, 6.07) is 3.87. The average molecular weight is 279 g/mol.